The summed E-state index contributed by atoms with van der Waals surface area (Å²) in [6.45, 7) is 3.17. The van der Waals surface area contributed by atoms with E-state index in [2.05, 4.69) is 22.7 Å². The molecule has 0 radical (unpaired) electrons. The second kappa shape index (κ2) is 9.73. The number of hydrogen-bond acceptors (Lipinski definition) is 3. The van der Waals surface area contributed by atoms with E-state index >= 15 is 0 Å². The normalized spacial score (nSPS) is 10.8. The molecule has 2 N–H and O–H groups in total. The monoisotopic (exact) mass is 416 g/mol. The van der Waals surface area contributed by atoms with E-state index in [4.69, 9.17) is 23.2 Å². The minimum absolute atomic E-state index is 0.128. The molecule has 0 aliphatic heterocycles. The van der Waals surface area contributed by atoms with E-state index in [1.165, 1.54) is 0 Å². The van der Waals surface area contributed by atoms with Gasteiger partial charge in [-0.2, -0.15) is 5.10 Å². The topological polar surface area (TPSA) is 59.0 Å². The lowest BCUT2D eigenvalue weighted by Gasteiger charge is -2.10. The summed E-state index contributed by atoms with van der Waals surface area (Å²) in [6.07, 6.45) is 2.12. The maximum absolute atomic E-state index is 12.4. The number of rotatable bonds is 8. The highest BCUT2D eigenvalue weighted by Gasteiger charge is 2.14. The molecule has 0 saturated carbocycles. The van der Waals surface area contributed by atoms with E-state index < -0.39 is 0 Å². The molecule has 0 aliphatic carbocycles. The summed E-state index contributed by atoms with van der Waals surface area (Å²) in [4.78, 5) is 12.4. The summed E-state index contributed by atoms with van der Waals surface area (Å²) >= 11 is 12.2. The Labute approximate surface area is 174 Å². The maximum Gasteiger partial charge on any atom is 0.239 e. The molecule has 0 unspecified atom stereocenters. The zero-order chi connectivity index (χ0) is 19.9. The van der Waals surface area contributed by atoms with Crippen molar-refractivity contribution in [3.8, 4) is 16.9 Å². The van der Waals surface area contributed by atoms with Crippen molar-refractivity contribution in [2.45, 2.75) is 19.8 Å². The average Bonchev–Trinajstić information content (AvgIpc) is 3.12. The molecule has 1 heterocycles. The zero-order valence-electron chi connectivity index (χ0n) is 15.6. The van der Waals surface area contributed by atoms with Crippen molar-refractivity contribution in [1.82, 2.24) is 15.1 Å². The number of nitrogens with one attached hydrogen (secondary N) is 2. The molecule has 0 atom stereocenters. The Morgan fingerprint density at radius 3 is 2.57 bits per heavy atom. The van der Waals surface area contributed by atoms with Crippen LogP contribution in [-0.4, -0.2) is 28.8 Å². The molecular weight excluding hydrogens is 395 g/mol. The number of halogens is 2. The SMILES string of the molecule is CCCCNCC(=O)Nc1cc(-c2ccccc2)nn1-c1ccc(Cl)c(Cl)c1. The number of anilines is 1. The van der Waals surface area contributed by atoms with Crippen molar-refractivity contribution in [3.63, 3.8) is 0 Å². The van der Waals surface area contributed by atoms with Crippen LogP contribution in [0.5, 0.6) is 0 Å². The highest BCUT2D eigenvalue weighted by atomic mass is 35.5. The Kier molecular flexibility index (Phi) is 7.09. The van der Waals surface area contributed by atoms with Crippen LogP contribution in [0.25, 0.3) is 16.9 Å². The van der Waals surface area contributed by atoms with Gasteiger partial charge in [0.25, 0.3) is 0 Å². The summed E-state index contributed by atoms with van der Waals surface area (Å²) in [6, 6.07) is 16.9. The van der Waals surface area contributed by atoms with Crippen molar-refractivity contribution in [2.24, 2.45) is 0 Å². The Hall–Kier alpha value is -2.34. The first-order chi connectivity index (χ1) is 13.6. The first kappa shape index (κ1) is 20.4. The van der Waals surface area contributed by atoms with Gasteiger partial charge in [0.1, 0.15) is 5.82 Å². The Balaban J connectivity index is 1.89. The van der Waals surface area contributed by atoms with Gasteiger partial charge in [0, 0.05) is 11.6 Å². The van der Waals surface area contributed by atoms with Crippen LogP contribution >= 0.6 is 23.2 Å². The van der Waals surface area contributed by atoms with Crippen LogP contribution in [0.2, 0.25) is 10.0 Å². The molecule has 2 aromatic carbocycles. The second-order valence-corrected chi connectivity index (χ2v) is 7.18. The quantitative estimate of drug-likeness (QED) is 0.497. The van der Waals surface area contributed by atoms with Gasteiger partial charge < -0.3 is 10.6 Å². The molecule has 1 amide bonds. The van der Waals surface area contributed by atoms with Crippen molar-refractivity contribution in [2.75, 3.05) is 18.4 Å². The number of nitrogens with zero attached hydrogens (tertiary/aromatic N) is 2. The summed E-state index contributed by atoms with van der Waals surface area (Å²) in [7, 11) is 0. The van der Waals surface area contributed by atoms with Gasteiger partial charge in [-0.1, -0.05) is 66.9 Å². The molecule has 0 saturated heterocycles. The minimum Gasteiger partial charge on any atom is -0.309 e. The predicted octanol–water partition coefficient (Wildman–Crippen LogP) is 5.17. The fourth-order valence-electron chi connectivity index (χ4n) is 2.72. The summed E-state index contributed by atoms with van der Waals surface area (Å²) in [5.74, 6) is 0.441. The van der Waals surface area contributed by atoms with E-state index in [1.807, 2.05) is 42.5 Å². The number of carbonyl (C=O) groups is 1. The summed E-state index contributed by atoms with van der Waals surface area (Å²) in [5.41, 5.74) is 2.42. The molecule has 28 heavy (non-hydrogen) atoms. The average molecular weight is 417 g/mol. The van der Waals surface area contributed by atoms with E-state index in [1.54, 1.807) is 16.8 Å². The summed E-state index contributed by atoms with van der Waals surface area (Å²) in [5, 5.41) is 11.6. The van der Waals surface area contributed by atoms with Gasteiger partial charge in [0.2, 0.25) is 5.91 Å². The van der Waals surface area contributed by atoms with Crippen molar-refractivity contribution < 1.29 is 4.79 Å². The van der Waals surface area contributed by atoms with Gasteiger partial charge in [0.15, 0.2) is 0 Å². The van der Waals surface area contributed by atoms with Crippen LogP contribution in [0.1, 0.15) is 19.8 Å². The number of amides is 1. The van der Waals surface area contributed by atoms with Gasteiger partial charge in [-0.05, 0) is 31.2 Å². The van der Waals surface area contributed by atoms with E-state index in [0.717, 1.165) is 30.6 Å². The highest BCUT2D eigenvalue weighted by Crippen LogP contribution is 2.28. The van der Waals surface area contributed by atoms with Crippen LogP contribution in [0, 0.1) is 0 Å². The standard InChI is InChI=1S/C21H22Cl2N4O/c1-2-3-11-24-14-21(28)25-20-13-19(15-7-5-4-6-8-15)26-27(20)16-9-10-17(22)18(23)12-16/h4-10,12-13,24H,2-3,11,14H2,1H3,(H,25,28). The fraction of sp³-hybridized carbons (Fsp3) is 0.238. The number of hydrogen-bond donors (Lipinski definition) is 2. The number of benzene rings is 2. The Morgan fingerprint density at radius 2 is 1.86 bits per heavy atom. The zero-order valence-corrected chi connectivity index (χ0v) is 17.1. The largest absolute Gasteiger partial charge is 0.309 e. The van der Waals surface area contributed by atoms with Gasteiger partial charge in [-0.25, -0.2) is 4.68 Å². The molecular formula is C21H22Cl2N4O. The lowest BCUT2D eigenvalue weighted by Crippen LogP contribution is -2.29. The summed E-state index contributed by atoms with van der Waals surface area (Å²) < 4.78 is 1.66. The van der Waals surface area contributed by atoms with Crippen LogP contribution in [0.3, 0.4) is 0 Å². The Bertz CT molecular complexity index is 941. The first-order valence-corrected chi connectivity index (χ1v) is 9.95. The molecule has 5 nitrogen and oxygen atoms in total. The first-order valence-electron chi connectivity index (χ1n) is 9.20. The van der Waals surface area contributed by atoms with Crippen molar-refractivity contribution in [1.29, 1.82) is 0 Å². The smallest absolute Gasteiger partial charge is 0.239 e. The van der Waals surface area contributed by atoms with Gasteiger partial charge >= 0.3 is 0 Å². The van der Waals surface area contributed by atoms with Gasteiger partial charge in [0.05, 0.1) is 28.0 Å². The molecule has 1 aromatic heterocycles. The van der Waals surface area contributed by atoms with E-state index in [0.29, 0.717) is 21.6 Å². The molecule has 146 valence electrons. The molecule has 0 spiro atoms. The van der Waals surface area contributed by atoms with Gasteiger partial charge in [-0.15, -0.1) is 0 Å². The number of unbranched alkanes of at least 4 members (excludes halogenated alkanes) is 1. The van der Waals surface area contributed by atoms with Crippen LogP contribution in [-0.2, 0) is 4.79 Å². The maximum atomic E-state index is 12.4. The highest BCUT2D eigenvalue weighted by molar-refractivity contribution is 6.42. The fourth-order valence-corrected chi connectivity index (χ4v) is 3.02. The predicted molar refractivity (Wildman–Crippen MR) is 115 cm³/mol. The van der Waals surface area contributed by atoms with Crippen molar-refractivity contribution in [3.05, 3.63) is 64.6 Å². The van der Waals surface area contributed by atoms with Crippen LogP contribution < -0.4 is 10.6 Å². The molecule has 0 fully saturated rings. The molecule has 0 bridgehead atoms. The molecule has 7 heteroatoms. The second-order valence-electron chi connectivity index (χ2n) is 6.37. The van der Waals surface area contributed by atoms with E-state index in [-0.39, 0.29) is 12.5 Å². The Morgan fingerprint density at radius 1 is 1.07 bits per heavy atom. The third-order valence-electron chi connectivity index (χ3n) is 4.19. The third-order valence-corrected chi connectivity index (χ3v) is 4.93. The van der Waals surface area contributed by atoms with E-state index in [9.17, 15) is 4.79 Å². The van der Waals surface area contributed by atoms with Crippen molar-refractivity contribution >= 4 is 34.9 Å². The number of aromatic nitrogens is 2. The molecule has 3 rings (SSSR count). The van der Waals surface area contributed by atoms with Crippen LogP contribution in [0.4, 0.5) is 5.82 Å². The lowest BCUT2D eigenvalue weighted by atomic mass is 10.2. The van der Waals surface area contributed by atoms with Gasteiger partial charge in [-0.3, -0.25) is 4.79 Å². The lowest BCUT2D eigenvalue weighted by molar-refractivity contribution is -0.115. The number of carbonyl (C=O) groups excluding carboxylic acids is 1. The third kappa shape index (κ3) is 5.13. The van der Waals surface area contributed by atoms with Crippen LogP contribution in [0.15, 0.2) is 54.6 Å². The molecule has 0 aliphatic rings. The minimum atomic E-state index is -0.128. The molecule has 3 aromatic rings.